The van der Waals surface area contributed by atoms with Gasteiger partial charge in [0.25, 0.3) is 5.56 Å². The number of carbonyl (C=O) groups excluding carboxylic acids is 1. The van der Waals surface area contributed by atoms with E-state index in [1.165, 1.54) is 10.7 Å². The van der Waals surface area contributed by atoms with Gasteiger partial charge in [0.15, 0.2) is 0 Å². The van der Waals surface area contributed by atoms with E-state index in [2.05, 4.69) is 25.9 Å². The van der Waals surface area contributed by atoms with Gasteiger partial charge in [0.1, 0.15) is 12.6 Å². The van der Waals surface area contributed by atoms with Crippen molar-refractivity contribution < 1.29 is 9.53 Å². The van der Waals surface area contributed by atoms with E-state index in [0.717, 1.165) is 31.2 Å². The Bertz CT molecular complexity index is 829. The number of carbonyl (C=O) groups is 1. The third kappa shape index (κ3) is 5.06. The monoisotopic (exact) mass is 368 g/mol. The van der Waals surface area contributed by atoms with Gasteiger partial charge in [0.05, 0.1) is 5.69 Å². The third-order valence-corrected chi connectivity index (χ3v) is 5.41. The van der Waals surface area contributed by atoms with Gasteiger partial charge in [-0.2, -0.15) is 5.10 Å². The van der Waals surface area contributed by atoms with Gasteiger partial charge in [-0.15, -0.1) is 0 Å². The lowest BCUT2D eigenvalue weighted by atomic mass is 9.72. The van der Waals surface area contributed by atoms with Crippen molar-refractivity contribution in [1.82, 2.24) is 9.78 Å². The Labute approximate surface area is 160 Å². The molecule has 2 aromatic rings. The number of ether oxygens (including phenoxy) is 1. The first-order valence-electron chi connectivity index (χ1n) is 9.66. The minimum absolute atomic E-state index is 0.0518. The van der Waals surface area contributed by atoms with Crippen molar-refractivity contribution in [3.63, 3.8) is 0 Å². The molecule has 144 valence electrons. The molecule has 5 nitrogen and oxygen atoms in total. The molecule has 0 spiro atoms. The minimum atomic E-state index is -0.394. The molecule has 0 saturated heterocycles. The van der Waals surface area contributed by atoms with Crippen LogP contribution in [0.25, 0.3) is 11.3 Å². The number of nitrogens with zero attached hydrogens (tertiary/aromatic N) is 2. The molecule has 1 fully saturated rings. The summed E-state index contributed by atoms with van der Waals surface area (Å²) in [5, 5.41) is 4.32. The highest BCUT2D eigenvalue weighted by Crippen LogP contribution is 2.38. The normalized spacial score (nSPS) is 20.3. The summed E-state index contributed by atoms with van der Waals surface area (Å²) in [4.78, 5) is 24.4. The zero-order valence-electron chi connectivity index (χ0n) is 16.4. The van der Waals surface area contributed by atoms with Gasteiger partial charge in [0.2, 0.25) is 0 Å². The van der Waals surface area contributed by atoms with Gasteiger partial charge < -0.3 is 4.74 Å². The molecule has 1 aromatic heterocycles. The molecule has 1 aliphatic carbocycles. The second-order valence-electron chi connectivity index (χ2n) is 8.41. The summed E-state index contributed by atoms with van der Waals surface area (Å²) in [5.41, 5.74) is 1.56. The van der Waals surface area contributed by atoms with Crippen LogP contribution in [-0.4, -0.2) is 21.9 Å². The van der Waals surface area contributed by atoms with E-state index < -0.39 is 5.97 Å². The van der Waals surface area contributed by atoms with Crippen molar-refractivity contribution in [2.45, 2.75) is 59.1 Å². The van der Waals surface area contributed by atoms with Crippen LogP contribution in [0.3, 0.4) is 0 Å². The molecule has 1 aromatic carbocycles. The van der Waals surface area contributed by atoms with Crippen molar-refractivity contribution in [3.8, 4) is 11.3 Å². The van der Waals surface area contributed by atoms with Gasteiger partial charge in [-0.25, -0.2) is 4.68 Å². The van der Waals surface area contributed by atoms with Crippen LogP contribution < -0.4 is 5.56 Å². The van der Waals surface area contributed by atoms with E-state index in [0.29, 0.717) is 17.0 Å². The van der Waals surface area contributed by atoms with Gasteiger partial charge in [-0.1, -0.05) is 51.1 Å². The van der Waals surface area contributed by atoms with Crippen molar-refractivity contribution >= 4 is 5.97 Å². The summed E-state index contributed by atoms with van der Waals surface area (Å²) in [6, 6.07) is 12.7. The summed E-state index contributed by atoms with van der Waals surface area (Å²) in [5.74, 6) is 0.272. The van der Waals surface area contributed by atoms with Crippen molar-refractivity contribution in [2.75, 3.05) is 0 Å². The highest BCUT2D eigenvalue weighted by atomic mass is 16.5. The van der Waals surface area contributed by atoms with Crippen LogP contribution in [0.4, 0.5) is 0 Å². The molecule has 0 bridgehead atoms. The predicted octanol–water partition coefficient (Wildman–Crippen LogP) is 4.06. The summed E-state index contributed by atoms with van der Waals surface area (Å²) in [7, 11) is 0. The van der Waals surface area contributed by atoms with Crippen LogP contribution in [0.1, 0.15) is 46.5 Å². The van der Waals surface area contributed by atoms with E-state index in [9.17, 15) is 9.59 Å². The van der Waals surface area contributed by atoms with Crippen LogP contribution in [0.2, 0.25) is 0 Å². The van der Waals surface area contributed by atoms with Crippen molar-refractivity contribution in [2.24, 2.45) is 11.3 Å². The van der Waals surface area contributed by atoms with Gasteiger partial charge >= 0.3 is 5.97 Å². The Morgan fingerprint density at radius 3 is 2.37 bits per heavy atom. The lowest BCUT2D eigenvalue weighted by Crippen LogP contribution is -2.33. The fourth-order valence-electron chi connectivity index (χ4n) is 3.72. The minimum Gasteiger partial charge on any atom is -0.461 e. The molecular weight excluding hydrogens is 340 g/mol. The van der Waals surface area contributed by atoms with E-state index in [1.807, 2.05) is 30.3 Å². The fourth-order valence-corrected chi connectivity index (χ4v) is 3.72. The van der Waals surface area contributed by atoms with Crippen LogP contribution in [-0.2, 0) is 16.1 Å². The second kappa shape index (κ2) is 8.07. The lowest BCUT2D eigenvalue weighted by Gasteiger charge is -2.36. The Kier molecular flexibility index (Phi) is 5.78. The maximum absolute atomic E-state index is 12.3. The molecule has 1 saturated carbocycles. The predicted molar refractivity (Wildman–Crippen MR) is 105 cm³/mol. The molecular formula is C22H28N2O3. The van der Waals surface area contributed by atoms with Crippen LogP contribution in [0.5, 0.6) is 0 Å². The Balaban J connectivity index is 1.61. The van der Waals surface area contributed by atoms with Crippen molar-refractivity contribution in [1.29, 1.82) is 0 Å². The molecule has 1 aliphatic rings. The first kappa shape index (κ1) is 19.3. The highest BCUT2D eigenvalue weighted by Gasteiger charge is 2.31. The average Bonchev–Trinajstić information content (AvgIpc) is 2.64. The first-order valence-corrected chi connectivity index (χ1v) is 9.66. The maximum atomic E-state index is 12.3. The van der Waals surface area contributed by atoms with E-state index >= 15 is 0 Å². The first-order chi connectivity index (χ1) is 12.8. The molecule has 3 rings (SSSR count). The van der Waals surface area contributed by atoms with Crippen molar-refractivity contribution in [3.05, 3.63) is 52.8 Å². The Morgan fingerprint density at radius 1 is 1.07 bits per heavy atom. The van der Waals surface area contributed by atoms with E-state index in [4.69, 9.17) is 4.74 Å². The quantitative estimate of drug-likeness (QED) is 0.764. The molecule has 0 unspecified atom stereocenters. The molecule has 0 N–H and O–H groups in total. The SMILES string of the molecule is CC(C)(C)C1CCC(OC(=O)Cn2nc(-c3ccccc3)ccc2=O)CC1. The van der Waals surface area contributed by atoms with Gasteiger partial charge in [-0.05, 0) is 43.1 Å². The summed E-state index contributed by atoms with van der Waals surface area (Å²) < 4.78 is 6.80. The Morgan fingerprint density at radius 2 is 1.74 bits per heavy atom. The molecule has 27 heavy (non-hydrogen) atoms. The topological polar surface area (TPSA) is 61.2 Å². The maximum Gasteiger partial charge on any atom is 0.328 e. The third-order valence-electron chi connectivity index (χ3n) is 5.41. The fraction of sp³-hybridized carbons (Fsp3) is 0.500. The highest BCUT2D eigenvalue weighted by molar-refractivity contribution is 5.69. The molecule has 1 heterocycles. The molecule has 0 aliphatic heterocycles. The lowest BCUT2D eigenvalue weighted by molar-refractivity contribution is -0.152. The standard InChI is InChI=1S/C22H28N2O3/c1-22(2,3)17-9-11-18(12-10-17)27-21(26)15-24-20(25)14-13-19(23-24)16-7-5-4-6-8-16/h4-8,13-14,17-18H,9-12,15H2,1-3H3. The number of rotatable bonds is 4. The van der Waals surface area contributed by atoms with Gasteiger partial charge in [-0.3, -0.25) is 9.59 Å². The van der Waals surface area contributed by atoms with Crippen LogP contribution in [0.15, 0.2) is 47.3 Å². The second-order valence-corrected chi connectivity index (χ2v) is 8.41. The number of hydrogen-bond donors (Lipinski definition) is 0. The zero-order chi connectivity index (χ0) is 19.4. The smallest absolute Gasteiger partial charge is 0.328 e. The molecule has 0 radical (unpaired) electrons. The number of hydrogen-bond acceptors (Lipinski definition) is 4. The number of benzene rings is 1. The van der Waals surface area contributed by atoms with E-state index in [-0.39, 0.29) is 18.2 Å². The van der Waals surface area contributed by atoms with Gasteiger partial charge in [0, 0.05) is 11.6 Å². The summed E-state index contributed by atoms with van der Waals surface area (Å²) in [6.07, 6.45) is 3.87. The summed E-state index contributed by atoms with van der Waals surface area (Å²) >= 11 is 0. The summed E-state index contributed by atoms with van der Waals surface area (Å²) in [6.45, 7) is 6.64. The average molecular weight is 368 g/mol. The molecule has 0 amide bonds. The largest absolute Gasteiger partial charge is 0.461 e. The Hall–Kier alpha value is -2.43. The molecule has 0 atom stereocenters. The number of esters is 1. The number of aromatic nitrogens is 2. The van der Waals surface area contributed by atoms with Crippen LogP contribution >= 0.6 is 0 Å². The molecule has 5 heteroatoms. The zero-order valence-corrected chi connectivity index (χ0v) is 16.4. The van der Waals surface area contributed by atoms with Crippen LogP contribution in [0, 0.1) is 11.3 Å². The van der Waals surface area contributed by atoms with E-state index in [1.54, 1.807) is 6.07 Å².